The van der Waals surface area contributed by atoms with Crippen LogP contribution in [0.25, 0.3) is 5.57 Å². The molecule has 1 aromatic carbocycles. The summed E-state index contributed by atoms with van der Waals surface area (Å²) in [5, 5.41) is 19.2. The molecule has 1 heterocycles. The molecule has 0 spiro atoms. The third-order valence-corrected chi connectivity index (χ3v) is 2.35. The summed E-state index contributed by atoms with van der Waals surface area (Å²) >= 11 is 0. The summed E-state index contributed by atoms with van der Waals surface area (Å²) in [5.74, 6) is 0.639. The zero-order chi connectivity index (χ0) is 11.4. The fourth-order valence-electron chi connectivity index (χ4n) is 1.55. The largest absolute Gasteiger partial charge is 0.477 e. The van der Waals surface area contributed by atoms with E-state index < -0.39 is 0 Å². The van der Waals surface area contributed by atoms with Gasteiger partial charge in [0, 0.05) is 6.21 Å². The first-order valence-corrected chi connectivity index (χ1v) is 4.97. The Labute approximate surface area is 93.7 Å². The van der Waals surface area contributed by atoms with Crippen LogP contribution >= 0.6 is 0 Å². The summed E-state index contributed by atoms with van der Waals surface area (Å²) < 4.78 is 5.37. The first-order chi connectivity index (χ1) is 7.85. The summed E-state index contributed by atoms with van der Waals surface area (Å²) in [6.45, 7) is 1.39. The van der Waals surface area contributed by atoms with Gasteiger partial charge in [0.2, 0.25) is 0 Å². The highest BCUT2D eigenvalue weighted by atomic mass is 16.5. The fourth-order valence-corrected chi connectivity index (χ4v) is 1.55. The number of nitriles is 1. The van der Waals surface area contributed by atoms with Gasteiger partial charge in [-0.25, -0.2) is 0 Å². The first kappa shape index (κ1) is 10.2. The molecule has 1 aromatic rings. The molecular weight excluding hydrogens is 202 g/mol. The minimum atomic E-state index is 0.610. The highest BCUT2D eigenvalue weighted by Crippen LogP contribution is 2.18. The zero-order valence-corrected chi connectivity index (χ0v) is 8.66. The van der Waals surface area contributed by atoms with Crippen molar-refractivity contribution >= 4 is 11.8 Å². The second-order valence-corrected chi connectivity index (χ2v) is 3.35. The Bertz CT molecular complexity index is 460. The van der Waals surface area contributed by atoms with Crippen molar-refractivity contribution in [2.75, 3.05) is 13.2 Å². The number of nitrogens with zero attached hydrogens (tertiary/aromatic N) is 1. The van der Waals surface area contributed by atoms with Gasteiger partial charge in [0.25, 0.3) is 0 Å². The molecule has 1 aliphatic rings. The van der Waals surface area contributed by atoms with Crippen LogP contribution in [0.1, 0.15) is 11.1 Å². The molecule has 1 saturated heterocycles. The van der Waals surface area contributed by atoms with Gasteiger partial charge in [-0.05, 0) is 17.7 Å². The molecule has 0 bridgehead atoms. The van der Waals surface area contributed by atoms with E-state index in [1.165, 1.54) is 6.21 Å². The number of rotatable bonds is 2. The molecule has 0 saturated carbocycles. The second-order valence-electron chi connectivity index (χ2n) is 3.35. The van der Waals surface area contributed by atoms with Crippen LogP contribution in [0.15, 0.2) is 30.1 Å². The molecule has 1 fully saturated rings. The molecular formula is C12H11N3O. The quantitative estimate of drug-likeness (QED) is 0.731. The minimum Gasteiger partial charge on any atom is -0.477 e. The highest BCUT2D eigenvalue weighted by molar-refractivity contribution is 6.09. The van der Waals surface area contributed by atoms with Crippen molar-refractivity contribution in [2.24, 2.45) is 0 Å². The lowest BCUT2D eigenvalue weighted by Crippen LogP contribution is -2.08. The third kappa shape index (κ3) is 1.89. The van der Waals surface area contributed by atoms with Crippen LogP contribution in [-0.2, 0) is 4.74 Å². The predicted octanol–water partition coefficient (Wildman–Crippen LogP) is 1.50. The van der Waals surface area contributed by atoms with Crippen LogP contribution in [0, 0.1) is 16.7 Å². The Morgan fingerprint density at radius 3 is 2.69 bits per heavy atom. The normalized spacial score (nSPS) is 16.9. The van der Waals surface area contributed by atoms with Gasteiger partial charge in [-0.3, -0.25) is 0 Å². The average Bonchev–Trinajstić information content (AvgIpc) is 2.85. The molecule has 2 N–H and O–H groups in total. The molecule has 0 aromatic heterocycles. The lowest BCUT2D eigenvalue weighted by atomic mass is 10.1. The minimum absolute atomic E-state index is 0.610. The molecule has 4 nitrogen and oxygen atoms in total. The van der Waals surface area contributed by atoms with Crippen molar-refractivity contribution in [1.82, 2.24) is 5.32 Å². The van der Waals surface area contributed by atoms with Gasteiger partial charge in [-0.1, -0.05) is 12.1 Å². The van der Waals surface area contributed by atoms with Gasteiger partial charge in [0.1, 0.15) is 6.61 Å². The third-order valence-electron chi connectivity index (χ3n) is 2.35. The molecule has 0 radical (unpaired) electrons. The number of allylic oxidation sites excluding steroid dienone is 1. The van der Waals surface area contributed by atoms with Crippen molar-refractivity contribution < 1.29 is 4.74 Å². The van der Waals surface area contributed by atoms with Crippen LogP contribution in [0.4, 0.5) is 0 Å². The molecule has 0 atom stereocenters. The van der Waals surface area contributed by atoms with Gasteiger partial charge in [-0.2, -0.15) is 5.26 Å². The van der Waals surface area contributed by atoms with Crippen LogP contribution in [0.2, 0.25) is 0 Å². The van der Waals surface area contributed by atoms with Gasteiger partial charge < -0.3 is 15.5 Å². The summed E-state index contributed by atoms with van der Waals surface area (Å²) in [7, 11) is 0. The Hall–Kier alpha value is -2.28. The van der Waals surface area contributed by atoms with Crippen LogP contribution in [-0.4, -0.2) is 19.4 Å². The molecule has 4 heteroatoms. The number of ether oxygens (including phenoxy) is 1. The van der Waals surface area contributed by atoms with E-state index in [1.807, 2.05) is 12.1 Å². The van der Waals surface area contributed by atoms with Gasteiger partial charge in [-0.15, -0.1) is 0 Å². The SMILES string of the molecule is N#Cc1ccc(/C(C=N)=C2/NCCO2)cc1. The summed E-state index contributed by atoms with van der Waals surface area (Å²) in [6.07, 6.45) is 1.26. The van der Waals surface area contributed by atoms with Gasteiger partial charge in [0.15, 0.2) is 5.88 Å². The molecule has 80 valence electrons. The maximum Gasteiger partial charge on any atom is 0.196 e. The number of nitrogens with one attached hydrogen (secondary N) is 2. The summed E-state index contributed by atoms with van der Waals surface area (Å²) in [5.41, 5.74) is 2.19. The first-order valence-electron chi connectivity index (χ1n) is 4.97. The van der Waals surface area contributed by atoms with E-state index in [4.69, 9.17) is 15.4 Å². The van der Waals surface area contributed by atoms with E-state index in [9.17, 15) is 0 Å². The maximum atomic E-state index is 8.69. The van der Waals surface area contributed by atoms with Crippen molar-refractivity contribution in [3.05, 3.63) is 41.3 Å². The smallest absolute Gasteiger partial charge is 0.196 e. The second kappa shape index (κ2) is 4.49. The maximum absolute atomic E-state index is 8.69. The van der Waals surface area contributed by atoms with E-state index in [0.29, 0.717) is 23.6 Å². The van der Waals surface area contributed by atoms with Crippen LogP contribution < -0.4 is 5.32 Å². The fraction of sp³-hybridized carbons (Fsp3) is 0.167. The van der Waals surface area contributed by atoms with E-state index in [1.54, 1.807) is 12.1 Å². The van der Waals surface area contributed by atoms with Crippen LogP contribution in [0.5, 0.6) is 0 Å². The van der Waals surface area contributed by atoms with E-state index in [0.717, 1.165) is 12.1 Å². The Morgan fingerprint density at radius 1 is 1.44 bits per heavy atom. The van der Waals surface area contributed by atoms with Gasteiger partial charge >= 0.3 is 0 Å². The topological polar surface area (TPSA) is 68.9 Å². The van der Waals surface area contributed by atoms with Crippen molar-refractivity contribution in [2.45, 2.75) is 0 Å². The summed E-state index contributed by atoms with van der Waals surface area (Å²) in [6, 6.07) is 9.15. The van der Waals surface area contributed by atoms with E-state index >= 15 is 0 Å². The Kier molecular flexibility index (Phi) is 2.88. The van der Waals surface area contributed by atoms with Crippen LogP contribution in [0.3, 0.4) is 0 Å². The summed E-state index contributed by atoms with van der Waals surface area (Å²) in [4.78, 5) is 0. The average molecular weight is 213 g/mol. The van der Waals surface area contributed by atoms with Crippen molar-refractivity contribution in [3.8, 4) is 6.07 Å². The zero-order valence-electron chi connectivity index (χ0n) is 8.66. The lowest BCUT2D eigenvalue weighted by molar-refractivity contribution is 0.268. The number of hydrogen-bond acceptors (Lipinski definition) is 4. The molecule has 0 amide bonds. The molecule has 0 unspecified atom stereocenters. The standard InChI is InChI=1S/C12H11N3O/c13-7-9-1-3-10(4-2-9)11(8-14)12-15-5-6-16-12/h1-4,8,14-15H,5-6H2/b12-11-,14-8?. The van der Waals surface area contributed by atoms with Crippen molar-refractivity contribution in [3.63, 3.8) is 0 Å². The monoisotopic (exact) mass is 213 g/mol. The Morgan fingerprint density at radius 2 is 2.19 bits per heavy atom. The van der Waals surface area contributed by atoms with Crippen molar-refractivity contribution in [1.29, 1.82) is 10.7 Å². The highest BCUT2D eigenvalue weighted by Gasteiger charge is 2.13. The van der Waals surface area contributed by atoms with Gasteiger partial charge in [0.05, 0.1) is 23.8 Å². The molecule has 2 rings (SSSR count). The predicted molar refractivity (Wildman–Crippen MR) is 60.8 cm³/mol. The van der Waals surface area contributed by atoms with E-state index in [2.05, 4.69) is 11.4 Å². The Balaban J connectivity index is 2.37. The molecule has 0 aliphatic carbocycles. The number of hydrogen-bond donors (Lipinski definition) is 2. The lowest BCUT2D eigenvalue weighted by Gasteiger charge is -2.06. The molecule has 1 aliphatic heterocycles. The molecule has 16 heavy (non-hydrogen) atoms. The number of benzene rings is 1. The van der Waals surface area contributed by atoms with E-state index in [-0.39, 0.29) is 0 Å².